The van der Waals surface area contributed by atoms with Crippen LogP contribution in [-0.4, -0.2) is 39.4 Å². The smallest absolute Gasteiger partial charge is 0.224 e. The number of fused-ring (bicyclic) bond motifs is 1. The van der Waals surface area contributed by atoms with Crippen LogP contribution in [-0.2, 0) is 29.1 Å². The van der Waals surface area contributed by atoms with Crippen molar-refractivity contribution in [2.75, 3.05) is 13.1 Å². The van der Waals surface area contributed by atoms with Crippen LogP contribution in [0.15, 0.2) is 78.9 Å². The molecule has 1 aliphatic heterocycles. The van der Waals surface area contributed by atoms with E-state index in [1.165, 1.54) is 12.8 Å². The topological polar surface area (TPSA) is 67.2 Å². The maximum absolute atomic E-state index is 12.9. The molecule has 1 fully saturated rings. The molecule has 0 aliphatic carbocycles. The van der Waals surface area contributed by atoms with Gasteiger partial charge in [0.05, 0.1) is 24.0 Å². The first kappa shape index (κ1) is 24.8. The van der Waals surface area contributed by atoms with Crippen LogP contribution < -0.4 is 5.32 Å². The standard InChI is InChI=1S/C31H34N4O2/c36-30(22-24-14-16-26(17-15-24)25-10-4-3-5-11-25)32-23-29-33-27-12-6-7-13-28(27)35(29)21-18-31(37)34-19-8-1-2-9-20-34/h3-7,10-17H,1-2,8-9,18-23H2,(H,32,36). The average Bonchev–Trinajstić information content (AvgIpc) is 3.08. The highest BCUT2D eigenvalue weighted by Gasteiger charge is 2.18. The number of para-hydroxylation sites is 2. The lowest BCUT2D eigenvalue weighted by Crippen LogP contribution is -2.32. The number of hydrogen-bond donors (Lipinski definition) is 1. The summed E-state index contributed by atoms with van der Waals surface area (Å²) in [5.74, 6) is 0.929. The SMILES string of the molecule is O=C(Cc1ccc(-c2ccccc2)cc1)NCc1nc2ccccc2n1CCC(=O)N1CCCCCC1. The Labute approximate surface area is 218 Å². The first-order valence-electron chi connectivity index (χ1n) is 13.3. The molecule has 0 atom stereocenters. The predicted molar refractivity (Wildman–Crippen MR) is 147 cm³/mol. The molecule has 0 unspecified atom stereocenters. The van der Waals surface area contributed by atoms with Crippen LogP contribution in [0.2, 0.25) is 0 Å². The van der Waals surface area contributed by atoms with Crippen molar-refractivity contribution < 1.29 is 9.59 Å². The number of rotatable bonds is 8. The average molecular weight is 495 g/mol. The summed E-state index contributed by atoms with van der Waals surface area (Å²) in [7, 11) is 0. The van der Waals surface area contributed by atoms with E-state index < -0.39 is 0 Å². The Balaban J connectivity index is 1.21. The van der Waals surface area contributed by atoms with E-state index in [1.54, 1.807) is 0 Å². The van der Waals surface area contributed by atoms with E-state index in [-0.39, 0.29) is 11.8 Å². The largest absolute Gasteiger partial charge is 0.349 e. The second kappa shape index (κ2) is 11.9. The highest BCUT2D eigenvalue weighted by molar-refractivity contribution is 5.80. The molecule has 0 spiro atoms. The fourth-order valence-electron chi connectivity index (χ4n) is 5.07. The number of aryl methyl sites for hydroxylation is 1. The molecule has 6 nitrogen and oxygen atoms in total. The summed E-state index contributed by atoms with van der Waals surface area (Å²) in [5, 5.41) is 3.04. The first-order valence-corrected chi connectivity index (χ1v) is 13.3. The summed E-state index contributed by atoms with van der Waals surface area (Å²) < 4.78 is 2.08. The van der Waals surface area contributed by atoms with Gasteiger partial charge in [-0.3, -0.25) is 9.59 Å². The van der Waals surface area contributed by atoms with Crippen molar-refractivity contribution >= 4 is 22.8 Å². The Morgan fingerprint density at radius 3 is 2.22 bits per heavy atom. The molecule has 1 aliphatic rings. The van der Waals surface area contributed by atoms with Crippen molar-refractivity contribution in [3.63, 3.8) is 0 Å². The highest BCUT2D eigenvalue weighted by atomic mass is 16.2. The summed E-state index contributed by atoms with van der Waals surface area (Å²) in [4.78, 5) is 32.4. The second-order valence-corrected chi connectivity index (χ2v) is 9.73. The maximum atomic E-state index is 12.9. The fraction of sp³-hybridized carbons (Fsp3) is 0.323. The summed E-state index contributed by atoms with van der Waals surface area (Å²) in [5.41, 5.74) is 5.13. The van der Waals surface area contributed by atoms with E-state index >= 15 is 0 Å². The van der Waals surface area contributed by atoms with Crippen molar-refractivity contribution in [2.24, 2.45) is 0 Å². The number of amides is 2. The van der Waals surface area contributed by atoms with Gasteiger partial charge >= 0.3 is 0 Å². The zero-order valence-corrected chi connectivity index (χ0v) is 21.2. The third-order valence-electron chi connectivity index (χ3n) is 7.11. The molecule has 4 aromatic rings. The van der Waals surface area contributed by atoms with E-state index in [9.17, 15) is 9.59 Å². The molecule has 3 aromatic carbocycles. The van der Waals surface area contributed by atoms with Crippen molar-refractivity contribution in [1.29, 1.82) is 0 Å². The Bertz CT molecular complexity index is 1340. The van der Waals surface area contributed by atoms with Crippen molar-refractivity contribution in [3.05, 3.63) is 90.3 Å². The van der Waals surface area contributed by atoms with Crippen molar-refractivity contribution in [1.82, 2.24) is 19.8 Å². The number of imidazole rings is 1. The molecular weight excluding hydrogens is 460 g/mol. The predicted octanol–water partition coefficient (Wildman–Crippen LogP) is 5.35. The van der Waals surface area contributed by atoms with Crippen LogP contribution in [0, 0.1) is 0 Å². The Kier molecular flexibility index (Phi) is 7.94. The molecule has 0 radical (unpaired) electrons. The molecule has 1 N–H and O–H groups in total. The molecule has 5 rings (SSSR count). The van der Waals surface area contributed by atoms with Crippen molar-refractivity contribution in [2.45, 2.75) is 51.6 Å². The third-order valence-corrected chi connectivity index (χ3v) is 7.11. The minimum Gasteiger partial charge on any atom is -0.349 e. The van der Waals surface area contributed by atoms with Crippen LogP contribution in [0.25, 0.3) is 22.2 Å². The van der Waals surface area contributed by atoms with Gasteiger partial charge in [-0.25, -0.2) is 4.98 Å². The maximum Gasteiger partial charge on any atom is 0.224 e. The number of carbonyl (C=O) groups is 2. The minimum absolute atomic E-state index is 0.0493. The third kappa shape index (κ3) is 6.26. The van der Waals surface area contributed by atoms with Crippen LogP contribution in [0.5, 0.6) is 0 Å². The van der Waals surface area contributed by atoms with Crippen LogP contribution in [0.1, 0.15) is 43.5 Å². The summed E-state index contributed by atoms with van der Waals surface area (Å²) >= 11 is 0. The second-order valence-electron chi connectivity index (χ2n) is 9.73. The number of nitrogens with zero attached hydrogens (tertiary/aromatic N) is 3. The molecule has 37 heavy (non-hydrogen) atoms. The van der Waals surface area contributed by atoms with Gasteiger partial charge in [0.25, 0.3) is 0 Å². The van der Waals surface area contributed by atoms with E-state index in [0.29, 0.717) is 25.9 Å². The monoisotopic (exact) mass is 494 g/mol. The number of likely N-dealkylation sites (tertiary alicyclic amines) is 1. The van der Waals surface area contributed by atoms with Gasteiger partial charge in [0.15, 0.2) is 0 Å². The lowest BCUT2D eigenvalue weighted by atomic mass is 10.0. The number of benzene rings is 3. The minimum atomic E-state index is -0.0493. The summed E-state index contributed by atoms with van der Waals surface area (Å²) in [6, 6.07) is 26.3. The van der Waals surface area contributed by atoms with Gasteiger partial charge < -0.3 is 14.8 Å². The van der Waals surface area contributed by atoms with Crippen LogP contribution >= 0.6 is 0 Å². The Morgan fingerprint density at radius 1 is 0.784 bits per heavy atom. The van der Waals surface area contributed by atoms with Gasteiger partial charge in [-0.2, -0.15) is 0 Å². The zero-order valence-electron chi connectivity index (χ0n) is 21.2. The van der Waals surface area contributed by atoms with Gasteiger partial charge in [0.1, 0.15) is 5.82 Å². The van der Waals surface area contributed by atoms with Gasteiger partial charge in [0.2, 0.25) is 11.8 Å². The molecule has 6 heteroatoms. The molecule has 2 amide bonds. The Hall–Kier alpha value is -3.93. The van der Waals surface area contributed by atoms with Crippen molar-refractivity contribution in [3.8, 4) is 11.1 Å². The normalized spacial score (nSPS) is 13.9. The van der Waals surface area contributed by atoms with E-state index in [2.05, 4.69) is 34.1 Å². The molecular formula is C31H34N4O2. The fourth-order valence-corrected chi connectivity index (χ4v) is 5.07. The van der Waals surface area contributed by atoms with E-state index in [4.69, 9.17) is 4.98 Å². The molecule has 190 valence electrons. The summed E-state index contributed by atoms with van der Waals surface area (Å²) in [6.07, 6.45) is 5.34. The number of carbonyl (C=O) groups excluding carboxylic acids is 2. The molecule has 0 saturated carbocycles. The molecule has 1 saturated heterocycles. The highest BCUT2D eigenvalue weighted by Crippen LogP contribution is 2.20. The van der Waals surface area contributed by atoms with Gasteiger partial charge in [-0.1, -0.05) is 79.6 Å². The molecule has 2 heterocycles. The van der Waals surface area contributed by atoms with Gasteiger partial charge in [-0.15, -0.1) is 0 Å². The zero-order chi connectivity index (χ0) is 25.5. The van der Waals surface area contributed by atoms with E-state index in [1.807, 2.05) is 59.5 Å². The van der Waals surface area contributed by atoms with Gasteiger partial charge in [0, 0.05) is 26.1 Å². The number of aromatic nitrogens is 2. The lowest BCUT2D eigenvalue weighted by Gasteiger charge is -2.20. The number of nitrogens with one attached hydrogen (secondary N) is 1. The van der Waals surface area contributed by atoms with Gasteiger partial charge in [-0.05, 0) is 41.7 Å². The molecule has 0 bridgehead atoms. The quantitative estimate of drug-likeness (QED) is 0.359. The van der Waals surface area contributed by atoms with Crippen LogP contribution in [0.3, 0.4) is 0 Å². The lowest BCUT2D eigenvalue weighted by molar-refractivity contribution is -0.131. The van der Waals surface area contributed by atoms with Crippen LogP contribution in [0.4, 0.5) is 0 Å². The number of hydrogen-bond acceptors (Lipinski definition) is 3. The first-order chi connectivity index (χ1) is 18.2. The molecule has 1 aromatic heterocycles. The summed E-state index contributed by atoms with van der Waals surface area (Å²) in [6.45, 7) is 2.60. The Morgan fingerprint density at radius 2 is 1.46 bits per heavy atom. The van der Waals surface area contributed by atoms with E-state index in [0.717, 1.165) is 59.5 Å².